The number of amides is 1. The summed E-state index contributed by atoms with van der Waals surface area (Å²) in [7, 11) is 0. The third kappa shape index (κ3) is 2.98. The highest BCUT2D eigenvalue weighted by atomic mass is 16.5. The van der Waals surface area contributed by atoms with E-state index >= 15 is 0 Å². The molecule has 1 aliphatic carbocycles. The van der Waals surface area contributed by atoms with Gasteiger partial charge < -0.3 is 14.0 Å². The average molecular weight is 342 g/mol. The van der Waals surface area contributed by atoms with E-state index in [-0.39, 0.29) is 11.9 Å². The molecule has 2 aromatic heterocycles. The van der Waals surface area contributed by atoms with Crippen molar-refractivity contribution in [2.45, 2.75) is 65.5 Å². The number of carbonyl (C=O) groups excluding carboxylic acids is 1. The van der Waals surface area contributed by atoms with Crippen LogP contribution >= 0.6 is 0 Å². The minimum Gasteiger partial charge on any atom is -0.348 e. The summed E-state index contributed by atoms with van der Waals surface area (Å²) in [5.41, 5.74) is 3.09. The summed E-state index contributed by atoms with van der Waals surface area (Å²) < 4.78 is 7.56. The van der Waals surface area contributed by atoms with Crippen molar-refractivity contribution in [1.82, 2.24) is 19.6 Å². The maximum absolute atomic E-state index is 13.2. The first-order chi connectivity index (χ1) is 12.1. The smallest absolute Gasteiger partial charge is 0.256 e. The fraction of sp³-hybridized carbons (Fsp3) is 0.632. The van der Waals surface area contributed by atoms with Gasteiger partial charge in [-0.2, -0.15) is 4.98 Å². The van der Waals surface area contributed by atoms with Crippen molar-refractivity contribution in [3.05, 3.63) is 34.7 Å². The van der Waals surface area contributed by atoms with Crippen molar-refractivity contribution < 1.29 is 9.32 Å². The lowest BCUT2D eigenvalue weighted by Gasteiger charge is -2.22. The van der Waals surface area contributed by atoms with Crippen molar-refractivity contribution in [3.63, 3.8) is 0 Å². The molecule has 1 amide bonds. The molecule has 4 rings (SSSR count). The normalized spacial score (nSPS) is 20.4. The summed E-state index contributed by atoms with van der Waals surface area (Å²) >= 11 is 0. The molecule has 2 aliphatic rings. The van der Waals surface area contributed by atoms with E-state index in [1.807, 2.05) is 17.9 Å². The molecule has 0 radical (unpaired) electrons. The second-order valence-electron chi connectivity index (χ2n) is 7.40. The molecule has 1 saturated carbocycles. The molecule has 1 aliphatic heterocycles. The van der Waals surface area contributed by atoms with Gasteiger partial charge in [0.2, 0.25) is 5.89 Å². The second-order valence-corrected chi connectivity index (χ2v) is 7.40. The van der Waals surface area contributed by atoms with Gasteiger partial charge in [-0.3, -0.25) is 4.79 Å². The van der Waals surface area contributed by atoms with E-state index in [4.69, 9.17) is 4.52 Å². The lowest BCUT2D eigenvalue weighted by Crippen LogP contribution is -2.31. The summed E-state index contributed by atoms with van der Waals surface area (Å²) in [6.45, 7) is 7.95. The van der Waals surface area contributed by atoms with Gasteiger partial charge in [-0.15, -0.1) is 0 Å². The molecule has 3 heterocycles. The van der Waals surface area contributed by atoms with Crippen LogP contribution in [0.5, 0.6) is 0 Å². The molecule has 2 fully saturated rings. The maximum atomic E-state index is 13.2. The van der Waals surface area contributed by atoms with Crippen molar-refractivity contribution in [2.75, 3.05) is 6.54 Å². The van der Waals surface area contributed by atoms with Gasteiger partial charge in [0.15, 0.2) is 5.82 Å². The highest BCUT2D eigenvalue weighted by molar-refractivity contribution is 5.96. The van der Waals surface area contributed by atoms with E-state index in [0.29, 0.717) is 11.7 Å². The Morgan fingerprint density at radius 2 is 2.12 bits per heavy atom. The van der Waals surface area contributed by atoms with E-state index in [0.717, 1.165) is 49.5 Å². The van der Waals surface area contributed by atoms with E-state index < -0.39 is 0 Å². The number of carbonyl (C=O) groups is 1. The number of nitrogens with zero attached hydrogens (tertiary/aromatic N) is 4. The Bertz CT molecular complexity index is 787. The van der Waals surface area contributed by atoms with Gasteiger partial charge in [-0.05, 0) is 51.5 Å². The minimum absolute atomic E-state index is 0.0666. The van der Waals surface area contributed by atoms with Crippen LogP contribution in [0.3, 0.4) is 0 Å². The summed E-state index contributed by atoms with van der Waals surface area (Å²) in [6, 6.07) is 1.98. The van der Waals surface area contributed by atoms with Crippen LogP contribution in [0.4, 0.5) is 0 Å². The van der Waals surface area contributed by atoms with Gasteiger partial charge in [0.1, 0.15) is 0 Å². The standard InChI is InChI=1S/C19H26N4O2/c1-4-17-20-18(21-25-17)16-6-5-9-22(16)19(24)15-10-12(2)23(13(15)3)11-14-7-8-14/h10,14,16H,4-9,11H2,1-3H3/t16-/m0/s1. The molecule has 0 aromatic carbocycles. The van der Waals surface area contributed by atoms with Gasteiger partial charge in [0.05, 0.1) is 11.6 Å². The van der Waals surface area contributed by atoms with Crippen LogP contribution in [0.2, 0.25) is 0 Å². The van der Waals surface area contributed by atoms with Crippen molar-refractivity contribution in [1.29, 1.82) is 0 Å². The molecule has 6 nitrogen and oxygen atoms in total. The number of aromatic nitrogens is 3. The fourth-order valence-electron chi connectivity index (χ4n) is 3.84. The lowest BCUT2D eigenvalue weighted by atomic mass is 10.1. The Labute approximate surface area is 148 Å². The van der Waals surface area contributed by atoms with Gasteiger partial charge in [-0.25, -0.2) is 0 Å². The molecule has 0 bridgehead atoms. The average Bonchev–Trinajstić information content (AvgIpc) is 3.00. The van der Waals surface area contributed by atoms with Gasteiger partial charge in [-0.1, -0.05) is 12.1 Å². The highest BCUT2D eigenvalue weighted by Crippen LogP contribution is 2.35. The minimum atomic E-state index is -0.0666. The molecule has 1 saturated heterocycles. The topological polar surface area (TPSA) is 64.2 Å². The number of aryl methyl sites for hydroxylation is 2. The van der Waals surface area contributed by atoms with Crippen LogP contribution < -0.4 is 0 Å². The Balaban J connectivity index is 1.59. The Hall–Kier alpha value is -2.11. The maximum Gasteiger partial charge on any atom is 0.256 e. The molecule has 1 atom stereocenters. The van der Waals surface area contributed by atoms with Crippen LogP contribution in [0.25, 0.3) is 0 Å². The Morgan fingerprint density at radius 3 is 2.80 bits per heavy atom. The zero-order valence-electron chi connectivity index (χ0n) is 15.3. The SMILES string of the molecule is CCc1nc([C@@H]2CCCN2C(=O)c2cc(C)n(CC3CC3)c2C)no1. The predicted molar refractivity (Wildman–Crippen MR) is 93.3 cm³/mol. The molecule has 2 aromatic rings. The first kappa shape index (κ1) is 16.4. The van der Waals surface area contributed by atoms with Crippen molar-refractivity contribution in [2.24, 2.45) is 5.92 Å². The molecule has 0 unspecified atom stereocenters. The Morgan fingerprint density at radius 1 is 1.32 bits per heavy atom. The van der Waals surface area contributed by atoms with E-state index in [1.54, 1.807) is 0 Å². The molecule has 6 heteroatoms. The van der Waals surface area contributed by atoms with Crippen molar-refractivity contribution >= 4 is 5.91 Å². The zero-order chi connectivity index (χ0) is 17.6. The van der Waals surface area contributed by atoms with Crippen LogP contribution in [-0.2, 0) is 13.0 Å². The second kappa shape index (κ2) is 6.32. The molecule has 134 valence electrons. The van der Waals surface area contributed by atoms with E-state index in [2.05, 4.69) is 28.6 Å². The summed E-state index contributed by atoms with van der Waals surface area (Å²) in [6.07, 6.45) is 5.22. The third-order valence-electron chi connectivity index (χ3n) is 5.54. The number of hydrogen-bond donors (Lipinski definition) is 0. The Kier molecular flexibility index (Phi) is 4.13. The molecule has 0 spiro atoms. The van der Waals surface area contributed by atoms with Gasteiger partial charge in [0, 0.05) is 30.9 Å². The van der Waals surface area contributed by atoms with Gasteiger partial charge >= 0.3 is 0 Å². The first-order valence-electron chi connectivity index (χ1n) is 9.38. The zero-order valence-corrected chi connectivity index (χ0v) is 15.3. The largest absolute Gasteiger partial charge is 0.348 e. The lowest BCUT2D eigenvalue weighted by molar-refractivity contribution is 0.0727. The summed E-state index contributed by atoms with van der Waals surface area (Å²) in [4.78, 5) is 19.6. The van der Waals surface area contributed by atoms with Crippen LogP contribution in [0.1, 0.15) is 72.1 Å². The molecule has 25 heavy (non-hydrogen) atoms. The number of rotatable bonds is 5. The van der Waals surface area contributed by atoms with Crippen LogP contribution in [0.15, 0.2) is 10.6 Å². The van der Waals surface area contributed by atoms with E-state index in [9.17, 15) is 4.79 Å². The van der Waals surface area contributed by atoms with Crippen LogP contribution in [0, 0.1) is 19.8 Å². The number of hydrogen-bond acceptors (Lipinski definition) is 4. The van der Waals surface area contributed by atoms with Crippen LogP contribution in [-0.4, -0.2) is 32.1 Å². The first-order valence-corrected chi connectivity index (χ1v) is 9.38. The molecule has 0 N–H and O–H groups in total. The third-order valence-corrected chi connectivity index (χ3v) is 5.54. The fourth-order valence-corrected chi connectivity index (χ4v) is 3.84. The van der Waals surface area contributed by atoms with E-state index in [1.165, 1.54) is 18.5 Å². The molecular weight excluding hydrogens is 316 g/mol. The number of likely N-dealkylation sites (tertiary alicyclic amines) is 1. The highest BCUT2D eigenvalue weighted by Gasteiger charge is 2.35. The summed E-state index contributed by atoms with van der Waals surface area (Å²) in [5.74, 6) is 2.17. The monoisotopic (exact) mass is 342 g/mol. The summed E-state index contributed by atoms with van der Waals surface area (Å²) in [5, 5.41) is 4.10. The van der Waals surface area contributed by atoms with Crippen molar-refractivity contribution in [3.8, 4) is 0 Å². The van der Waals surface area contributed by atoms with Gasteiger partial charge in [0.25, 0.3) is 5.91 Å². The predicted octanol–water partition coefficient (Wildman–Crippen LogP) is 3.44. The molecular formula is C19H26N4O2. The quantitative estimate of drug-likeness (QED) is 0.835.